The average molecular weight is 378 g/mol. The number of hydrogen-bond acceptors (Lipinski definition) is 6. The summed E-state index contributed by atoms with van der Waals surface area (Å²) < 4.78 is 16.5. The van der Waals surface area contributed by atoms with Crippen molar-refractivity contribution in [1.29, 1.82) is 0 Å². The van der Waals surface area contributed by atoms with Crippen LogP contribution in [0.4, 0.5) is 0 Å². The van der Waals surface area contributed by atoms with E-state index in [0.29, 0.717) is 22.3 Å². The second-order valence-corrected chi connectivity index (χ2v) is 6.39. The third-order valence-electron chi connectivity index (χ3n) is 4.94. The summed E-state index contributed by atoms with van der Waals surface area (Å²) in [4.78, 5) is 12.7. The summed E-state index contributed by atoms with van der Waals surface area (Å²) in [6, 6.07) is 16.7. The molecule has 6 heteroatoms. The Morgan fingerprint density at radius 3 is 1.89 bits per heavy atom. The Balaban J connectivity index is 2.05. The third-order valence-corrected chi connectivity index (χ3v) is 4.94. The zero-order chi connectivity index (χ0) is 19.9. The fourth-order valence-electron chi connectivity index (χ4n) is 3.61. The maximum absolute atomic E-state index is 12.7. The van der Waals surface area contributed by atoms with Crippen molar-refractivity contribution in [3.05, 3.63) is 82.9 Å². The van der Waals surface area contributed by atoms with Gasteiger partial charge in [-0.25, -0.2) is 4.79 Å². The van der Waals surface area contributed by atoms with Crippen LogP contribution in [0.25, 0.3) is 0 Å². The van der Waals surface area contributed by atoms with Crippen LogP contribution in [0.1, 0.15) is 27.0 Å². The van der Waals surface area contributed by atoms with Crippen molar-refractivity contribution in [2.24, 2.45) is 0 Å². The van der Waals surface area contributed by atoms with Crippen LogP contribution < -0.4 is 9.47 Å². The molecule has 0 saturated carbocycles. The summed E-state index contributed by atoms with van der Waals surface area (Å²) in [7, 11) is 2.90. The quantitative estimate of drug-likeness (QED) is 0.675. The molecule has 0 aromatic heterocycles. The number of phenolic OH excluding ortho intramolecular Hbond substituents is 2. The van der Waals surface area contributed by atoms with Crippen molar-refractivity contribution in [2.75, 3.05) is 14.2 Å². The molecule has 1 heterocycles. The molecule has 0 fully saturated rings. The van der Waals surface area contributed by atoms with Crippen molar-refractivity contribution in [1.82, 2.24) is 0 Å². The van der Waals surface area contributed by atoms with Gasteiger partial charge in [-0.2, -0.15) is 0 Å². The molecule has 0 saturated heterocycles. The van der Waals surface area contributed by atoms with Gasteiger partial charge >= 0.3 is 5.97 Å². The third kappa shape index (κ3) is 2.45. The molecule has 4 rings (SSSR count). The van der Waals surface area contributed by atoms with E-state index < -0.39 is 11.6 Å². The van der Waals surface area contributed by atoms with Crippen LogP contribution in [0.15, 0.2) is 60.7 Å². The van der Waals surface area contributed by atoms with Crippen LogP contribution in [0.5, 0.6) is 23.0 Å². The number of carbonyl (C=O) groups excluding carboxylic acids is 1. The number of rotatable bonds is 4. The number of benzene rings is 3. The zero-order valence-electron chi connectivity index (χ0n) is 15.3. The van der Waals surface area contributed by atoms with Crippen molar-refractivity contribution in [3.8, 4) is 23.0 Å². The normalized spacial score (nSPS) is 14.3. The molecule has 0 aliphatic carbocycles. The Morgan fingerprint density at radius 1 is 0.821 bits per heavy atom. The van der Waals surface area contributed by atoms with Gasteiger partial charge in [0.25, 0.3) is 0 Å². The number of fused-ring (bicyclic) bond motifs is 1. The maximum atomic E-state index is 12.7. The highest BCUT2D eigenvalue weighted by Gasteiger charge is 2.49. The monoisotopic (exact) mass is 378 g/mol. The Morgan fingerprint density at radius 2 is 1.36 bits per heavy atom. The van der Waals surface area contributed by atoms with Crippen LogP contribution in [0.2, 0.25) is 0 Å². The first-order valence-electron chi connectivity index (χ1n) is 8.59. The fraction of sp³-hybridized carbons (Fsp3) is 0.136. The average Bonchev–Trinajstić information content (AvgIpc) is 3.02. The molecule has 6 nitrogen and oxygen atoms in total. The number of ether oxygens (including phenoxy) is 3. The number of aromatic hydroxyl groups is 2. The number of esters is 1. The minimum absolute atomic E-state index is 0.0257. The topological polar surface area (TPSA) is 85.2 Å². The van der Waals surface area contributed by atoms with Crippen LogP contribution in [0, 0.1) is 0 Å². The Bertz CT molecular complexity index is 1020. The Hall–Kier alpha value is -3.67. The molecule has 0 radical (unpaired) electrons. The Labute approximate surface area is 161 Å². The Kier molecular flexibility index (Phi) is 4.11. The van der Waals surface area contributed by atoms with Crippen molar-refractivity contribution < 1.29 is 29.2 Å². The van der Waals surface area contributed by atoms with Gasteiger partial charge in [0.05, 0.1) is 19.8 Å². The second kappa shape index (κ2) is 6.49. The number of cyclic esters (lactones) is 1. The lowest BCUT2D eigenvalue weighted by Gasteiger charge is -2.31. The van der Waals surface area contributed by atoms with Crippen LogP contribution in [0.3, 0.4) is 0 Å². The van der Waals surface area contributed by atoms with E-state index in [1.54, 1.807) is 36.4 Å². The molecule has 1 aliphatic heterocycles. The van der Waals surface area contributed by atoms with Crippen LogP contribution in [-0.2, 0) is 10.3 Å². The van der Waals surface area contributed by atoms with E-state index in [-0.39, 0.29) is 23.0 Å². The van der Waals surface area contributed by atoms with Gasteiger partial charge in [0.2, 0.25) is 0 Å². The molecule has 2 N–H and O–H groups in total. The van der Waals surface area contributed by atoms with E-state index in [0.717, 1.165) is 0 Å². The molecular weight excluding hydrogens is 360 g/mol. The minimum atomic E-state index is -1.28. The molecule has 0 amide bonds. The molecule has 1 aliphatic rings. The van der Waals surface area contributed by atoms with Gasteiger partial charge in [-0.05, 0) is 30.3 Å². The summed E-state index contributed by atoms with van der Waals surface area (Å²) in [5, 5.41) is 20.0. The molecule has 0 bridgehead atoms. The van der Waals surface area contributed by atoms with Crippen molar-refractivity contribution >= 4 is 5.97 Å². The van der Waals surface area contributed by atoms with E-state index in [9.17, 15) is 15.0 Å². The highest BCUT2D eigenvalue weighted by Crippen LogP contribution is 2.49. The van der Waals surface area contributed by atoms with Gasteiger partial charge in [0.15, 0.2) is 28.6 Å². The predicted molar refractivity (Wildman–Crippen MR) is 101 cm³/mol. The molecule has 0 spiro atoms. The van der Waals surface area contributed by atoms with Crippen molar-refractivity contribution in [2.45, 2.75) is 5.60 Å². The van der Waals surface area contributed by atoms with Gasteiger partial charge in [0, 0.05) is 16.7 Å². The van der Waals surface area contributed by atoms with E-state index in [1.807, 2.05) is 12.1 Å². The standard InChI is InChI=1S/C22H18O6/c1-26-19-11-13(7-9-17(19)23)22(14-8-10-18(24)20(12-14)27-2)16-6-4-3-5-15(16)21(25)28-22/h3-12,23-24H,1-2H3. The van der Waals surface area contributed by atoms with Gasteiger partial charge < -0.3 is 24.4 Å². The van der Waals surface area contributed by atoms with Gasteiger partial charge in [-0.3, -0.25) is 0 Å². The lowest BCUT2D eigenvalue weighted by molar-refractivity contribution is 0.0250. The molecule has 3 aromatic rings. The van der Waals surface area contributed by atoms with Gasteiger partial charge in [0.1, 0.15) is 0 Å². The highest BCUT2D eigenvalue weighted by atomic mass is 16.6. The second-order valence-electron chi connectivity index (χ2n) is 6.39. The van der Waals surface area contributed by atoms with E-state index in [2.05, 4.69) is 0 Å². The number of hydrogen-bond donors (Lipinski definition) is 2. The first kappa shape index (κ1) is 17.7. The molecule has 142 valence electrons. The molecule has 28 heavy (non-hydrogen) atoms. The zero-order valence-corrected chi connectivity index (χ0v) is 15.3. The van der Waals surface area contributed by atoms with E-state index in [1.165, 1.54) is 26.4 Å². The molecule has 0 atom stereocenters. The molecule has 3 aromatic carbocycles. The van der Waals surface area contributed by atoms with Crippen LogP contribution >= 0.6 is 0 Å². The minimum Gasteiger partial charge on any atom is -0.504 e. The summed E-state index contributed by atoms with van der Waals surface area (Å²) in [5.41, 5.74) is 0.999. The first-order valence-corrected chi connectivity index (χ1v) is 8.59. The van der Waals surface area contributed by atoms with E-state index in [4.69, 9.17) is 14.2 Å². The summed E-state index contributed by atoms with van der Waals surface area (Å²) >= 11 is 0. The lowest BCUT2D eigenvalue weighted by atomic mass is 9.79. The number of methoxy groups -OCH3 is 2. The van der Waals surface area contributed by atoms with E-state index >= 15 is 0 Å². The van der Waals surface area contributed by atoms with Gasteiger partial charge in [-0.1, -0.05) is 30.3 Å². The first-order chi connectivity index (χ1) is 13.5. The maximum Gasteiger partial charge on any atom is 0.340 e. The summed E-state index contributed by atoms with van der Waals surface area (Å²) in [6.07, 6.45) is 0. The number of carbonyl (C=O) groups is 1. The SMILES string of the molecule is COc1cc(C2(c3ccc(O)c(OC)c3)OC(=O)c3ccccc32)ccc1O. The van der Waals surface area contributed by atoms with Crippen molar-refractivity contribution in [3.63, 3.8) is 0 Å². The van der Waals surface area contributed by atoms with Gasteiger partial charge in [-0.15, -0.1) is 0 Å². The summed E-state index contributed by atoms with van der Waals surface area (Å²) in [5.74, 6) is -0.00892. The number of phenols is 2. The molecular formula is C22H18O6. The van der Waals surface area contributed by atoms with Crippen LogP contribution in [-0.4, -0.2) is 30.4 Å². The predicted octanol–water partition coefficient (Wildman–Crippen LogP) is 3.58. The summed E-state index contributed by atoms with van der Waals surface area (Å²) in [6.45, 7) is 0. The smallest absolute Gasteiger partial charge is 0.340 e. The molecule has 0 unspecified atom stereocenters. The fourth-order valence-corrected chi connectivity index (χ4v) is 3.61. The largest absolute Gasteiger partial charge is 0.504 e. The lowest BCUT2D eigenvalue weighted by Crippen LogP contribution is -2.29. The highest BCUT2D eigenvalue weighted by molar-refractivity contribution is 5.96.